The summed E-state index contributed by atoms with van der Waals surface area (Å²) in [5.74, 6) is -0.214. The lowest BCUT2D eigenvalue weighted by molar-refractivity contribution is -0.117. The van der Waals surface area contributed by atoms with Gasteiger partial charge in [-0.25, -0.2) is 4.79 Å². The molecule has 3 rings (SSSR count). The summed E-state index contributed by atoms with van der Waals surface area (Å²) in [6.45, 7) is 4.41. The largest absolute Gasteiger partial charge is 0.336 e. The van der Waals surface area contributed by atoms with Gasteiger partial charge in [0.1, 0.15) is 0 Å². The Kier molecular flexibility index (Phi) is 5.93. The molecule has 0 unspecified atom stereocenters. The van der Waals surface area contributed by atoms with Crippen molar-refractivity contribution in [3.8, 4) is 0 Å². The molecule has 1 aliphatic heterocycles. The van der Waals surface area contributed by atoms with Crippen LogP contribution in [0.15, 0.2) is 48.5 Å². The van der Waals surface area contributed by atoms with Crippen LogP contribution in [-0.4, -0.2) is 30.4 Å². The van der Waals surface area contributed by atoms with Crippen LogP contribution in [0, 0.1) is 0 Å². The van der Waals surface area contributed by atoms with Crippen molar-refractivity contribution >= 4 is 34.9 Å². The highest BCUT2D eigenvalue weighted by atomic mass is 16.2. The summed E-state index contributed by atoms with van der Waals surface area (Å²) in [6.07, 6.45) is 1.35. The smallest absolute Gasteiger partial charge is 0.319 e. The first-order valence-electron chi connectivity index (χ1n) is 9.32. The second kappa shape index (κ2) is 8.56. The lowest BCUT2D eigenvalue weighted by Crippen LogP contribution is -2.34. The number of urea groups is 1. The molecule has 3 N–H and O–H groups in total. The van der Waals surface area contributed by atoms with Gasteiger partial charge in [0.2, 0.25) is 5.91 Å². The first kappa shape index (κ1) is 19.4. The number of para-hydroxylation sites is 2. The van der Waals surface area contributed by atoms with Crippen LogP contribution in [0.25, 0.3) is 0 Å². The Labute approximate surface area is 164 Å². The summed E-state index contributed by atoms with van der Waals surface area (Å²) < 4.78 is 0. The summed E-state index contributed by atoms with van der Waals surface area (Å²) in [7, 11) is 0. The number of rotatable bonds is 5. The number of nitrogens with zero attached hydrogens (tertiary/aromatic N) is 1. The quantitative estimate of drug-likeness (QED) is 0.740. The van der Waals surface area contributed by atoms with Crippen LogP contribution in [0.2, 0.25) is 0 Å². The third kappa shape index (κ3) is 4.68. The first-order chi connectivity index (χ1) is 13.4. The van der Waals surface area contributed by atoms with Gasteiger partial charge in [-0.1, -0.05) is 12.1 Å². The van der Waals surface area contributed by atoms with Gasteiger partial charge >= 0.3 is 6.03 Å². The molecule has 7 nitrogen and oxygen atoms in total. The molecule has 0 bridgehead atoms. The van der Waals surface area contributed by atoms with Gasteiger partial charge in [0.25, 0.3) is 5.91 Å². The average Bonchev–Trinajstić information content (AvgIpc) is 3.08. The third-order valence-corrected chi connectivity index (χ3v) is 4.34. The zero-order valence-corrected chi connectivity index (χ0v) is 16.0. The minimum absolute atomic E-state index is 0.0348. The summed E-state index contributed by atoms with van der Waals surface area (Å²) in [6, 6.07) is 13.6. The Balaban J connectivity index is 1.69. The topological polar surface area (TPSA) is 90.5 Å². The van der Waals surface area contributed by atoms with Crippen LogP contribution >= 0.6 is 0 Å². The second-order valence-electron chi connectivity index (χ2n) is 6.95. The zero-order chi connectivity index (χ0) is 20.1. The minimum atomic E-state index is -0.295. The predicted molar refractivity (Wildman–Crippen MR) is 110 cm³/mol. The summed E-state index contributed by atoms with van der Waals surface area (Å²) in [4.78, 5) is 38.1. The number of carbonyl (C=O) groups excluding carboxylic acids is 3. The molecule has 1 saturated heterocycles. The number of carbonyl (C=O) groups is 3. The van der Waals surface area contributed by atoms with Crippen molar-refractivity contribution in [2.75, 3.05) is 22.1 Å². The van der Waals surface area contributed by atoms with Gasteiger partial charge in [0.05, 0.1) is 11.4 Å². The molecule has 146 valence electrons. The van der Waals surface area contributed by atoms with E-state index < -0.39 is 0 Å². The van der Waals surface area contributed by atoms with Crippen molar-refractivity contribution < 1.29 is 14.4 Å². The SMILES string of the molecule is CC(C)NC(=O)Nc1ccc(C(=O)Nc2ccccc2N2CCCC2=O)cc1. The average molecular weight is 380 g/mol. The van der Waals surface area contributed by atoms with E-state index in [1.165, 1.54) is 0 Å². The molecule has 1 fully saturated rings. The van der Waals surface area contributed by atoms with Gasteiger partial charge in [0, 0.05) is 30.3 Å². The van der Waals surface area contributed by atoms with E-state index in [0.29, 0.717) is 35.6 Å². The fourth-order valence-corrected chi connectivity index (χ4v) is 3.05. The van der Waals surface area contributed by atoms with Crippen molar-refractivity contribution in [3.05, 3.63) is 54.1 Å². The number of hydrogen-bond donors (Lipinski definition) is 3. The molecule has 4 amide bonds. The maximum absolute atomic E-state index is 12.6. The molecule has 28 heavy (non-hydrogen) atoms. The molecule has 1 heterocycles. The summed E-state index contributed by atoms with van der Waals surface area (Å²) in [5.41, 5.74) is 2.36. The normalized spacial score (nSPS) is 13.5. The van der Waals surface area contributed by atoms with E-state index in [4.69, 9.17) is 0 Å². The monoisotopic (exact) mass is 380 g/mol. The Morgan fingerprint density at radius 1 is 1.00 bits per heavy atom. The Morgan fingerprint density at radius 3 is 2.36 bits per heavy atom. The van der Waals surface area contributed by atoms with Crippen LogP contribution in [0.4, 0.5) is 21.9 Å². The fourth-order valence-electron chi connectivity index (χ4n) is 3.05. The molecule has 0 aliphatic carbocycles. The van der Waals surface area contributed by atoms with Crippen molar-refractivity contribution in [3.63, 3.8) is 0 Å². The van der Waals surface area contributed by atoms with E-state index in [1.807, 2.05) is 32.0 Å². The highest BCUT2D eigenvalue weighted by molar-refractivity contribution is 6.08. The van der Waals surface area contributed by atoms with Crippen LogP contribution in [0.3, 0.4) is 0 Å². The van der Waals surface area contributed by atoms with Crippen LogP contribution in [0.5, 0.6) is 0 Å². The Morgan fingerprint density at radius 2 is 1.71 bits per heavy atom. The lowest BCUT2D eigenvalue weighted by atomic mass is 10.1. The van der Waals surface area contributed by atoms with Crippen LogP contribution in [-0.2, 0) is 4.79 Å². The third-order valence-electron chi connectivity index (χ3n) is 4.34. The molecule has 2 aromatic rings. The molecule has 0 radical (unpaired) electrons. The van der Waals surface area contributed by atoms with E-state index in [1.54, 1.807) is 35.2 Å². The van der Waals surface area contributed by atoms with E-state index in [9.17, 15) is 14.4 Å². The van der Waals surface area contributed by atoms with Crippen molar-refractivity contribution in [1.29, 1.82) is 0 Å². The molecule has 7 heteroatoms. The molecule has 2 aromatic carbocycles. The van der Waals surface area contributed by atoms with E-state index in [-0.39, 0.29) is 23.9 Å². The Hall–Kier alpha value is -3.35. The van der Waals surface area contributed by atoms with Crippen LogP contribution < -0.4 is 20.9 Å². The molecule has 0 spiro atoms. The number of amides is 4. The lowest BCUT2D eigenvalue weighted by Gasteiger charge is -2.20. The van der Waals surface area contributed by atoms with Gasteiger partial charge in [-0.3, -0.25) is 9.59 Å². The predicted octanol–water partition coefficient (Wildman–Crippen LogP) is 3.60. The highest BCUT2D eigenvalue weighted by Gasteiger charge is 2.24. The van der Waals surface area contributed by atoms with Crippen LogP contribution in [0.1, 0.15) is 37.0 Å². The van der Waals surface area contributed by atoms with E-state index in [2.05, 4.69) is 16.0 Å². The standard InChI is InChI=1S/C21H24N4O3/c1-14(2)22-21(28)23-16-11-9-15(10-12-16)20(27)24-17-6-3-4-7-18(17)25-13-5-8-19(25)26/h3-4,6-7,9-12,14H,5,8,13H2,1-2H3,(H,24,27)(H2,22,23,28). The first-order valence-corrected chi connectivity index (χ1v) is 9.32. The maximum atomic E-state index is 12.6. The number of anilines is 3. The van der Waals surface area contributed by atoms with E-state index >= 15 is 0 Å². The summed E-state index contributed by atoms with van der Waals surface area (Å²) in [5, 5.41) is 8.33. The number of nitrogens with one attached hydrogen (secondary N) is 3. The second-order valence-corrected chi connectivity index (χ2v) is 6.95. The van der Waals surface area contributed by atoms with Crippen molar-refractivity contribution in [2.24, 2.45) is 0 Å². The summed E-state index contributed by atoms with van der Waals surface area (Å²) >= 11 is 0. The zero-order valence-electron chi connectivity index (χ0n) is 16.0. The van der Waals surface area contributed by atoms with Gasteiger partial charge in [-0.05, 0) is 56.7 Å². The van der Waals surface area contributed by atoms with Gasteiger partial charge < -0.3 is 20.9 Å². The fraction of sp³-hybridized carbons (Fsp3) is 0.286. The van der Waals surface area contributed by atoms with Gasteiger partial charge in [0.15, 0.2) is 0 Å². The molecular formula is C21H24N4O3. The molecule has 0 atom stereocenters. The van der Waals surface area contributed by atoms with Gasteiger partial charge in [-0.15, -0.1) is 0 Å². The minimum Gasteiger partial charge on any atom is -0.336 e. The van der Waals surface area contributed by atoms with Gasteiger partial charge in [-0.2, -0.15) is 0 Å². The molecule has 1 aliphatic rings. The number of hydrogen-bond acceptors (Lipinski definition) is 3. The molecule has 0 aromatic heterocycles. The van der Waals surface area contributed by atoms with Crippen molar-refractivity contribution in [1.82, 2.24) is 5.32 Å². The number of benzene rings is 2. The maximum Gasteiger partial charge on any atom is 0.319 e. The van der Waals surface area contributed by atoms with Crippen molar-refractivity contribution in [2.45, 2.75) is 32.7 Å². The Bertz CT molecular complexity index is 877. The molecule has 0 saturated carbocycles. The highest BCUT2D eigenvalue weighted by Crippen LogP contribution is 2.29. The molecular weight excluding hydrogens is 356 g/mol. The van der Waals surface area contributed by atoms with E-state index in [0.717, 1.165) is 6.42 Å².